The van der Waals surface area contributed by atoms with Gasteiger partial charge in [-0.15, -0.1) is 6.42 Å². The van der Waals surface area contributed by atoms with Gasteiger partial charge >= 0.3 is 0 Å². The lowest BCUT2D eigenvalue weighted by atomic mass is 9.74. The number of hydrogen-bond acceptors (Lipinski definition) is 3. The van der Waals surface area contributed by atoms with Crippen LogP contribution in [0.25, 0.3) is 0 Å². The van der Waals surface area contributed by atoms with Crippen molar-refractivity contribution in [3.63, 3.8) is 0 Å². The van der Waals surface area contributed by atoms with Crippen molar-refractivity contribution in [2.45, 2.75) is 37.5 Å². The van der Waals surface area contributed by atoms with E-state index in [4.69, 9.17) is 6.42 Å². The molecule has 2 rings (SSSR count). The smallest absolute Gasteiger partial charge is 0.156 e. The Labute approximate surface area is 114 Å². The maximum atomic E-state index is 10.5. The van der Waals surface area contributed by atoms with Crippen LogP contribution < -0.4 is 0 Å². The first kappa shape index (κ1) is 14.1. The zero-order valence-corrected chi connectivity index (χ0v) is 11.7. The number of likely N-dealkylation sites (tertiary alicyclic amines) is 1. The second kappa shape index (κ2) is 4.64. The van der Waals surface area contributed by atoms with Crippen molar-refractivity contribution in [1.29, 1.82) is 0 Å². The summed E-state index contributed by atoms with van der Waals surface area (Å²) >= 11 is 0. The average molecular weight is 259 g/mol. The number of likely N-dealkylation sites (N-methyl/N-ethyl adjacent to an activating group) is 1. The van der Waals surface area contributed by atoms with Gasteiger partial charge in [0.05, 0.1) is 0 Å². The van der Waals surface area contributed by atoms with Crippen molar-refractivity contribution in [3.05, 3.63) is 35.4 Å². The van der Waals surface area contributed by atoms with Crippen molar-refractivity contribution >= 4 is 0 Å². The highest BCUT2D eigenvalue weighted by molar-refractivity contribution is 5.29. The Morgan fingerprint density at radius 1 is 1.32 bits per heavy atom. The Bertz CT molecular complexity index is 500. The van der Waals surface area contributed by atoms with Gasteiger partial charge in [0.1, 0.15) is 5.60 Å². The molecule has 0 spiro atoms. The van der Waals surface area contributed by atoms with Gasteiger partial charge in [0.15, 0.2) is 5.60 Å². The zero-order chi connectivity index (χ0) is 14.3. The van der Waals surface area contributed by atoms with Crippen LogP contribution in [-0.4, -0.2) is 39.9 Å². The number of aryl methyl sites for hydroxylation is 1. The zero-order valence-electron chi connectivity index (χ0n) is 11.7. The molecule has 102 valence electrons. The molecule has 3 heteroatoms. The largest absolute Gasteiger partial charge is 0.385 e. The summed E-state index contributed by atoms with van der Waals surface area (Å²) in [4.78, 5) is 2.04. The minimum Gasteiger partial charge on any atom is -0.385 e. The number of piperidine rings is 1. The molecule has 1 aliphatic rings. The summed E-state index contributed by atoms with van der Waals surface area (Å²) in [7, 11) is 1.94. The summed E-state index contributed by atoms with van der Waals surface area (Å²) < 4.78 is 0. The van der Waals surface area contributed by atoms with E-state index < -0.39 is 11.2 Å². The predicted octanol–water partition coefficient (Wildman–Crippen LogP) is 1.49. The Morgan fingerprint density at radius 3 is 2.42 bits per heavy atom. The first-order valence-corrected chi connectivity index (χ1v) is 6.48. The number of β-amino-alcohol motifs (C(OH)–C–C–N with tert-alkyl or cyclic N) is 1. The molecule has 1 fully saturated rings. The maximum Gasteiger partial charge on any atom is 0.156 e. The van der Waals surface area contributed by atoms with E-state index in [1.807, 2.05) is 43.1 Å². The van der Waals surface area contributed by atoms with E-state index in [2.05, 4.69) is 5.92 Å². The molecule has 2 N–H and O–H groups in total. The monoisotopic (exact) mass is 259 g/mol. The Kier molecular flexibility index (Phi) is 3.44. The lowest BCUT2D eigenvalue weighted by Gasteiger charge is -2.49. The van der Waals surface area contributed by atoms with Gasteiger partial charge in [0.2, 0.25) is 0 Å². The van der Waals surface area contributed by atoms with E-state index >= 15 is 0 Å². The van der Waals surface area contributed by atoms with Gasteiger partial charge in [-0.05, 0) is 26.5 Å². The van der Waals surface area contributed by atoms with Gasteiger partial charge in [-0.2, -0.15) is 0 Å². The minimum absolute atomic E-state index is 0.0156. The summed E-state index contributed by atoms with van der Waals surface area (Å²) in [6.07, 6.45) is 5.77. The van der Waals surface area contributed by atoms with Crippen LogP contribution in [0.3, 0.4) is 0 Å². The highest BCUT2D eigenvalue weighted by Crippen LogP contribution is 2.40. The second-order valence-corrected chi connectivity index (χ2v) is 5.82. The standard InChI is InChI=1S/C16H21NO2/c1-5-16(19)10-14(17(4)11-15(16,3)18)13-8-6-12(2)7-9-13/h1,6-9,14,18-19H,10-11H2,2-4H3/t14-,15-,16+/m0/s1. The van der Waals surface area contributed by atoms with Gasteiger partial charge in [-0.25, -0.2) is 0 Å². The molecule has 3 atom stereocenters. The molecule has 0 radical (unpaired) electrons. The van der Waals surface area contributed by atoms with Crippen molar-refractivity contribution < 1.29 is 10.2 Å². The molecule has 1 aromatic carbocycles. The van der Waals surface area contributed by atoms with Crippen LogP contribution in [-0.2, 0) is 0 Å². The van der Waals surface area contributed by atoms with Crippen LogP contribution in [0.4, 0.5) is 0 Å². The molecule has 1 heterocycles. The molecule has 0 aliphatic carbocycles. The minimum atomic E-state index is -1.49. The van der Waals surface area contributed by atoms with Crippen molar-refractivity contribution in [1.82, 2.24) is 4.90 Å². The highest BCUT2D eigenvalue weighted by atomic mass is 16.4. The number of hydrogen-bond donors (Lipinski definition) is 2. The molecule has 1 saturated heterocycles. The van der Waals surface area contributed by atoms with E-state index in [1.165, 1.54) is 5.56 Å². The van der Waals surface area contributed by atoms with E-state index in [0.717, 1.165) is 5.56 Å². The number of rotatable bonds is 1. The summed E-state index contributed by atoms with van der Waals surface area (Å²) in [5, 5.41) is 20.8. The van der Waals surface area contributed by atoms with Crippen LogP contribution in [0.15, 0.2) is 24.3 Å². The van der Waals surface area contributed by atoms with Crippen molar-refractivity contribution in [2.75, 3.05) is 13.6 Å². The summed E-state index contributed by atoms with van der Waals surface area (Å²) in [6.45, 7) is 3.97. The van der Waals surface area contributed by atoms with Crippen LogP contribution in [0, 0.1) is 19.3 Å². The molecule has 0 unspecified atom stereocenters. The van der Waals surface area contributed by atoms with E-state index in [9.17, 15) is 10.2 Å². The number of terminal acetylenes is 1. The predicted molar refractivity (Wildman–Crippen MR) is 75.6 cm³/mol. The van der Waals surface area contributed by atoms with Gasteiger partial charge in [-0.3, -0.25) is 4.90 Å². The van der Waals surface area contributed by atoms with Gasteiger partial charge in [0.25, 0.3) is 0 Å². The van der Waals surface area contributed by atoms with Crippen molar-refractivity contribution in [2.24, 2.45) is 0 Å². The van der Waals surface area contributed by atoms with Crippen LogP contribution in [0.1, 0.15) is 30.5 Å². The van der Waals surface area contributed by atoms with Gasteiger partial charge < -0.3 is 10.2 Å². The quantitative estimate of drug-likeness (QED) is 0.751. The van der Waals surface area contributed by atoms with Crippen LogP contribution >= 0.6 is 0 Å². The Morgan fingerprint density at radius 2 is 1.89 bits per heavy atom. The molecular formula is C16H21NO2. The van der Waals surface area contributed by atoms with E-state index in [0.29, 0.717) is 13.0 Å². The first-order chi connectivity index (χ1) is 8.79. The van der Waals surface area contributed by atoms with Crippen LogP contribution in [0.2, 0.25) is 0 Å². The number of nitrogens with zero attached hydrogens (tertiary/aromatic N) is 1. The van der Waals surface area contributed by atoms with Crippen molar-refractivity contribution in [3.8, 4) is 12.3 Å². The second-order valence-electron chi connectivity index (χ2n) is 5.82. The molecule has 1 aliphatic heterocycles. The fourth-order valence-corrected chi connectivity index (χ4v) is 2.76. The third-order valence-electron chi connectivity index (χ3n) is 4.17. The fourth-order valence-electron chi connectivity index (χ4n) is 2.76. The molecule has 1 aromatic rings. The molecular weight excluding hydrogens is 238 g/mol. The molecule has 19 heavy (non-hydrogen) atoms. The third kappa shape index (κ3) is 2.40. The van der Waals surface area contributed by atoms with E-state index in [1.54, 1.807) is 6.92 Å². The average Bonchev–Trinajstić information content (AvgIpc) is 2.34. The summed E-state index contributed by atoms with van der Waals surface area (Å²) in [5.74, 6) is 2.38. The third-order valence-corrected chi connectivity index (χ3v) is 4.17. The van der Waals surface area contributed by atoms with Gasteiger partial charge in [0, 0.05) is 19.0 Å². The molecule has 3 nitrogen and oxygen atoms in total. The topological polar surface area (TPSA) is 43.7 Å². The molecule has 0 saturated carbocycles. The lowest BCUT2D eigenvalue weighted by molar-refractivity contribution is -0.159. The number of benzene rings is 1. The number of aliphatic hydroxyl groups is 2. The summed E-state index contributed by atoms with van der Waals surface area (Å²) in [5.41, 5.74) is -0.481. The van der Waals surface area contributed by atoms with Crippen LogP contribution in [0.5, 0.6) is 0 Å². The Hall–Kier alpha value is -1.34. The SMILES string of the molecule is C#C[C@@]1(O)C[C@@H](c2ccc(C)cc2)N(C)C[C@]1(C)O. The van der Waals surface area contributed by atoms with E-state index in [-0.39, 0.29) is 6.04 Å². The normalized spacial score (nSPS) is 35.9. The molecule has 0 bridgehead atoms. The maximum absolute atomic E-state index is 10.5. The lowest BCUT2D eigenvalue weighted by Crippen LogP contribution is -2.62. The molecule has 0 amide bonds. The highest BCUT2D eigenvalue weighted by Gasteiger charge is 2.51. The van der Waals surface area contributed by atoms with Gasteiger partial charge in [-0.1, -0.05) is 35.7 Å². The summed E-state index contributed by atoms with van der Waals surface area (Å²) in [6, 6.07) is 8.21. The fraction of sp³-hybridized carbons (Fsp3) is 0.500. The first-order valence-electron chi connectivity index (χ1n) is 6.48. The Balaban J connectivity index is 2.33. The molecule has 0 aromatic heterocycles.